The zero-order valence-corrected chi connectivity index (χ0v) is 26.1. The summed E-state index contributed by atoms with van der Waals surface area (Å²) in [6.07, 6.45) is 0.373. The molecular formula is C32H25Cl3F3N3O2S. The highest BCUT2D eigenvalue weighted by molar-refractivity contribution is 7.90. The number of sulfonamides is 1. The lowest BCUT2D eigenvalue weighted by Crippen LogP contribution is -2.44. The van der Waals surface area contributed by atoms with Crippen molar-refractivity contribution in [2.45, 2.75) is 30.2 Å². The lowest BCUT2D eigenvalue weighted by molar-refractivity contribution is -0.0494. The minimum atomic E-state index is -5.40. The molecule has 0 radical (unpaired) electrons. The van der Waals surface area contributed by atoms with Gasteiger partial charge in [0, 0.05) is 40.4 Å². The van der Waals surface area contributed by atoms with Crippen LogP contribution in [0.15, 0.2) is 91.0 Å². The third-order valence-electron chi connectivity index (χ3n) is 8.03. The molecule has 1 fully saturated rings. The Labute approximate surface area is 267 Å². The standard InChI is InChI=1S/C32H25Cl3F3N3O2S/c33-24-10-5-20(6-11-24)30(21-7-12-25(34)13-8-21)23-9-14-28-26(19-23)31(39-41(28)29-4-2-1-3-27(29)35)22-15-17-40(18-16-22)44(42,43)32(36,37)38/h1-14,19,22,30H,15-18H2. The van der Waals surface area contributed by atoms with E-state index >= 15 is 0 Å². The van der Waals surface area contributed by atoms with Crippen LogP contribution < -0.4 is 0 Å². The fourth-order valence-corrected chi connectivity index (χ4v) is 7.30. The maximum absolute atomic E-state index is 13.2. The number of alkyl halides is 3. The second-order valence-electron chi connectivity index (χ2n) is 10.7. The number of aromatic nitrogens is 2. The highest BCUT2D eigenvalue weighted by Gasteiger charge is 2.50. The molecule has 6 rings (SSSR count). The van der Waals surface area contributed by atoms with Crippen molar-refractivity contribution in [1.82, 2.24) is 14.1 Å². The van der Waals surface area contributed by atoms with Crippen molar-refractivity contribution in [3.05, 3.63) is 128 Å². The average Bonchev–Trinajstić information content (AvgIpc) is 3.38. The van der Waals surface area contributed by atoms with E-state index < -0.39 is 15.5 Å². The first-order valence-electron chi connectivity index (χ1n) is 13.8. The van der Waals surface area contributed by atoms with Gasteiger partial charge in [0.1, 0.15) is 0 Å². The van der Waals surface area contributed by atoms with Gasteiger partial charge in [0.2, 0.25) is 0 Å². The number of fused-ring (bicyclic) bond motifs is 1. The van der Waals surface area contributed by atoms with Crippen molar-refractivity contribution in [2.75, 3.05) is 13.1 Å². The minimum Gasteiger partial charge on any atom is -0.231 e. The summed E-state index contributed by atoms with van der Waals surface area (Å²) in [5.74, 6) is -0.468. The molecule has 2 heterocycles. The molecule has 1 saturated heterocycles. The predicted octanol–water partition coefficient (Wildman–Crippen LogP) is 9.19. The second kappa shape index (κ2) is 12.0. The lowest BCUT2D eigenvalue weighted by atomic mass is 9.84. The Morgan fingerprint density at radius 1 is 0.773 bits per heavy atom. The van der Waals surface area contributed by atoms with E-state index in [0.29, 0.717) is 30.8 Å². The fraction of sp³-hybridized carbons (Fsp3) is 0.219. The van der Waals surface area contributed by atoms with Gasteiger partial charge in [-0.05, 0) is 78.1 Å². The molecule has 0 bridgehead atoms. The van der Waals surface area contributed by atoms with Gasteiger partial charge in [-0.2, -0.15) is 22.6 Å². The van der Waals surface area contributed by atoms with Gasteiger partial charge < -0.3 is 0 Å². The van der Waals surface area contributed by atoms with E-state index in [0.717, 1.165) is 27.6 Å². The largest absolute Gasteiger partial charge is 0.511 e. The molecule has 0 amide bonds. The number of hydrogen-bond acceptors (Lipinski definition) is 3. The van der Waals surface area contributed by atoms with Crippen molar-refractivity contribution < 1.29 is 21.6 Å². The molecular weight excluding hydrogens is 654 g/mol. The van der Waals surface area contributed by atoms with E-state index in [1.165, 1.54) is 0 Å². The number of rotatable bonds is 6. The lowest BCUT2D eigenvalue weighted by Gasteiger charge is -2.31. The molecule has 0 atom stereocenters. The van der Waals surface area contributed by atoms with E-state index in [9.17, 15) is 21.6 Å². The van der Waals surface area contributed by atoms with Gasteiger partial charge >= 0.3 is 15.5 Å². The van der Waals surface area contributed by atoms with Gasteiger partial charge in [-0.3, -0.25) is 0 Å². The van der Waals surface area contributed by atoms with Crippen molar-refractivity contribution >= 4 is 55.7 Å². The Hall–Kier alpha value is -3.08. The van der Waals surface area contributed by atoms with Gasteiger partial charge in [-0.15, -0.1) is 0 Å². The molecule has 5 nitrogen and oxygen atoms in total. The van der Waals surface area contributed by atoms with Crippen LogP contribution in [0, 0.1) is 0 Å². The van der Waals surface area contributed by atoms with Gasteiger partial charge in [0.25, 0.3) is 0 Å². The number of benzene rings is 4. The Morgan fingerprint density at radius 3 is 1.86 bits per heavy atom. The summed E-state index contributed by atoms with van der Waals surface area (Å²) >= 11 is 19.0. The van der Waals surface area contributed by atoms with Crippen LogP contribution in [-0.4, -0.2) is 41.1 Å². The Balaban J connectivity index is 1.48. The Bertz CT molecular complexity index is 1880. The van der Waals surface area contributed by atoms with Crippen LogP contribution in [0.25, 0.3) is 16.6 Å². The van der Waals surface area contributed by atoms with E-state index in [4.69, 9.17) is 39.9 Å². The van der Waals surface area contributed by atoms with Crippen LogP contribution in [0.3, 0.4) is 0 Å². The monoisotopic (exact) mass is 677 g/mol. The molecule has 44 heavy (non-hydrogen) atoms. The first-order valence-corrected chi connectivity index (χ1v) is 16.4. The maximum atomic E-state index is 13.2. The summed E-state index contributed by atoms with van der Waals surface area (Å²) in [5.41, 5.74) is -0.277. The molecule has 1 aliphatic rings. The number of halogens is 6. The maximum Gasteiger partial charge on any atom is 0.511 e. The zero-order chi connectivity index (χ0) is 31.2. The van der Waals surface area contributed by atoms with Gasteiger partial charge in [-0.25, -0.2) is 13.1 Å². The Morgan fingerprint density at radius 2 is 1.32 bits per heavy atom. The first kappa shape index (κ1) is 30.9. The SMILES string of the molecule is O=S(=O)(N1CCC(c2nn(-c3ccccc3Cl)c3ccc(C(c4ccc(Cl)cc4)c4ccc(Cl)cc4)cc23)CC1)C(F)(F)F. The highest BCUT2D eigenvalue weighted by Crippen LogP contribution is 2.40. The molecule has 1 aromatic heterocycles. The first-order chi connectivity index (χ1) is 20.9. The molecule has 12 heteroatoms. The normalized spacial score (nSPS) is 15.3. The third kappa shape index (κ3) is 5.84. The summed E-state index contributed by atoms with van der Waals surface area (Å²) < 4.78 is 66.1. The number of piperidine rings is 1. The van der Waals surface area contributed by atoms with Crippen LogP contribution in [0.2, 0.25) is 15.1 Å². The molecule has 5 aromatic rings. The predicted molar refractivity (Wildman–Crippen MR) is 168 cm³/mol. The smallest absolute Gasteiger partial charge is 0.231 e. The summed E-state index contributed by atoms with van der Waals surface area (Å²) in [7, 11) is -5.40. The average molecular weight is 679 g/mol. The zero-order valence-electron chi connectivity index (χ0n) is 23.0. The summed E-state index contributed by atoms with van der Waals surface area (Å²) in [5, 5.41) is 7.48. The third-order valence-corrected chi connectivity index (χ3v) is 10.5. The van der Waals surface area contributed by atoms with Crippen LogP contribution in [0.5, 0.6) is 0 Å². The van der Waals surface area contributed by atoms with Crippen LogP contribution >= 0.6 is 34.8 Å². The van der Waals surface area contributed by atoms with Crippen LogP contribution in [0.1, 0.15) is 47.1 Å². The molecule has 1 aliphatic heterocycles. The summed E-state index contributed by atoms with van der Waals surface area (Å²) in [6.45, 7) is -0.518. The van der Waals surface area contributed by atoms with Crippen molar-refractivity contribution in [1.29, 1.82) is 0 Å². The number of para-hydroxylation sites is 1. The minimum absolute atomic E-state index is 0.186. The van der Waals surface area contributed by atoms with E-state index in [-0.39, 0.29) is 37.8 Å². The Kier molecular flexibility index (Phi) is 8.45. The molecule has 0 spiro atoms. The molecule has 0 unspecified atom stereocenters. The molecule has 0 N–H and O–H groups in total. The number of hydrogen-bond donors (Lipinski definition) is 0. The fourth-order valence-electron chi connectivity index (χ4n) is 5.85. The van der Waals surface area contributed by atoms with Gasteiger partial charge in [0.05, 0.1) is 21.9 Å². The number of nitrogens with zero attached hydrogens (tertiary/aromatic N) is 3. The van der Waals surface area contributed by atoms with E-state index in [1.807, 2.05) is 78.9 Å². The molecule has 4 aromatic carbocycles. The highest BCUT2D eigenvalue weighted by atomic mass is 35.5. The van der Waals surface area contributed by atoms with Gasteiger partial charge in [0.15, 0.2) is 0 Å². The van der Waals surface area contributed by atoms with Crippen molar-refractivity contribution in [3.8, 4) is 5.69 Å². The van der Waals surface area contributed by atoms with E-state index in [1.54, 1.807) is 10.7 Å². The second-order valence-corrected chi connectivity index (χ2v) is 13.9. The van der Waals surface area contributed by atoms with Crippen LogP contribution in [-0.2, 0) is 10.0 Å². The summed E-state index contributed by atoms with van der Waals surface area (Å²) in [4.78, 5) is 0. The van der Waals surface area contributed by atoms with Crippen LogP contribution in [0.4, 0.5) is 13.2 Å². The van der Waals surface area contributed by atoms with Crippen molar-refractivity contribution in [2.24, 2.45) is 0 Å². The topological polar surface area (TPSA) is 55.2 Å². The van der Waals surface area contributed by atoms with Crippen molar-refractivity contribution in [3.63, 3.8) is 0 Å². The van der Waals surface area contributed by atoms with Gasteiger partial charge in [-0.1, -0.05) is 77.3 Å². The quantitative estimate of drug-likeness (QED) is 0.168. The molecule has 0 aliphatic carbocycles. The van der Waals surface area contributed by atoms with E-state index in [2.05, 4.69) is 6.07 Å². The molecule has 0 saturated carbocycles. The molecule has 228 valence electrons. The summed E-state index contributed by atoms with van der Waals surface area (Å²) in [6, 6.07) is 28.5.